The van der Waals surface area contributed by atoms with Gasteiger partial charge in [0.15, 0.2) is 5.13 Å². The summed E-state index contributed by atoms with van der Waals surface area (Å²) < 4.78 is 6.95. The highest BCUT2D eigenvalue weighted by atomic mass is 32.1. The minimum Gasteiger partial charge on any atom is -0.461 e. The molecule has 0 aliphatic carbocycles. The van der Waals surface area contributed by atoms with Crippen molar-refractivity contribution in [3.05, 3.63) is 72.5 Å². The molecule has 0 radical (unpaired) electrons. The van der Waals surface area contributed by atoms with E-state index in [0.29, 0.717) is 12.8 Å². The molecular weight excluding hydrogens is 344 g/mol. The van der Waals surface area contributed by atoms with Crippen molar-refractivity contribution in [2.75, 3.05) is 11.9 Å². The molecule has 4 rings (SSSR count). The van der Waals surface area contributed by atoms with E-state index in [1.807, 2.05) is 66.7 Å². The highest BCUT2D eigenvalue weighted by Gasteiger charge is 2.16. The molecule has 0 atom stereocenters. The van der Waals surface area contributed by atoms with Gasteiger partial charge in [-0.3, -0.25) is 9.69 Å². The number of aryl methyl sites for hydroxylation is 1. The number of carbonyl (C=O) groups excluding carboxylic acids is 1. The summed E-state index contributed by atoms with van der Waals surface area (Å²) in [6.07, 6.45) is 0.953. The van der Waals surface area contributed by atoms with E-state index in [1.54, 1.807) is 11.9 Å². The predicted molar refractivity (Wildman–Crippen MR) is 105 cm³/mol. The fourth-order valence-corrected chi connectivity index (χ4v) is 3.72. The highest BCUT2D eigenvalue weighted by molar-refractivity contribution is 7.22. The fourth-order valence-electron chi connectivity index (χ4n) is 2.78. The summed E-state index contributed by atoms with van der Waals surface area (Å²) in [5.74, 6) is 1.67. The molecule has 0 saturated carbocycles. The molecule has 2 aromatic carbocycles. The summed E-state index contributed by atoms with van der Waals surface area (Å²) in [6, 6.07) is 21.8. The quantitative estimate of drug-likeness (QED) is 0.493. The third-order valence-electron chi connectivity index (χ3n) is 4.25. The highest BCUT2D eigenvalue weighted by Crippen LogP contribution is 2.28. The zero-order valence-electron chi connectivity index (χ0n) is 14.4. The molecule has 4 nitrogen and oxygen atoms in total. The van der Waals surface area contributed by atoms with Gasteiger partial charge in [0.05, 0.1) is 10.2 Å². The van der Waals surface area contributed by atoms with Gasteiger partial charge in [-0.05, 0) is 24.3 Å². The average molecular weight is 362 g/mol. The number of anilines is 1. The van der Waals surface area contributed by atoms with Gasteiger partial charge in [-0.25, -0.2) is 4.98 Å². The van der Waals surface area contributed by atoms with Gasteiger partial charge in [0.2, 0.25) is 5.91 Å². The first-order valence-corrected chi connectivity index (χ1v) is 9.28. The summed E-state index contributed by atoms with van der Waals surface area (Å²) >= 11 is 1.53. The Morgan fingerprint density at radius 1 is 1.04 bits per heavy atom. The number of para-hydroxylation sites is 1. The maximum absolute atomic E-state index is 12.5. The Hall–Kier alpha value is -2.92. The van der Waals surface area contributed by atoms with Gasteiger partial charge >= 0.3 is 0 Å². The standard InChI is InChI=1S/C21H18N2O2S/c1-23(21-22-17-9-5-6-10-19(17)26-21)20(24)14-12-16-11-13-18(25-16)15-7-3-2-4-8-15/h2-11,13H,12,14H2,1H3. The van der Waals surface area contributed by atoms with Crippen LogP contribution in [-0.2, 0) is 11.2 Å². The molecule has 2 heterocycles. The van der Waals surface area contributed by atoms with Crippen molar-refractivity contribution in [2.45, 2.75) is 12.8 Å². The Morgan fingerprint density at radius 3 is 2.62 bits per heavy atom. The summed E-state index contributed by atoms with van der Waals surface area (Å²) in [6.45, 7) is 0. The van der Waals surface area contributed by atoms with E-state index in [2.05, 4.69) is 4.98 Å². The molecule has 5 heteroatoms. The molecule has 26 heavy (non-hydrogen) atoms. The van der Waals surface area contributed by atoms with Crippen LogP contribution in [0.25, 0.3) is 21.5 Å². The van der Waals surface area contributed by atoms with Crippen LogP contribution in [0.5, 0.6) is 0 Å². The number of fused-ring (bicyclic) bond motifs is 1. The Bertz CT molecular complexity index is 1000. The van der Waals surface area contributed by atoms with Crippen LogP contribution in [0.2, 0.25) is 0 Å². The van der Waals surface area contributed by atoms with Crippen LogP contribution in [-0.4, -0.2) is 17.9 Å². The van der Waals surface area contributed by atoms with Crippen molar-refractivity contribution >= 4 is 32.6 Å². The topological polar surface area (TPSA) is 46.3 Å². The van der Waals surface area contributed by atoms with E-state index in [-0.39, 0.29) is 5.91 Å². The Morgan fingerprint density at radius 2 is 1.81 bits per heavy atom. The van der Waals surface area contributed by atoms with Crippen LogP contribution >= 0.6 is 11.3 Å². The predicted octanol–water partition coefficient (Wildman–Crippen LogP) is 5.15. The molecular formula is C21H18N2O2S. The number of rotatable bonds is 5. The third-order valence-corrected chi connectivity index (χ3v) is 5.36. The summed E-state index contributed by atoms with van der Waals surface area (Å²) in [5.41, 5.74) is 1.96. The SMILES string of the molecule is CN(C(=O)CCc1ccc(-c2ccccc2)o1)c1nc2ccccc2s1. The van der Waals surface area contributed by atoms with Crippen molar-refractivity contribution in [2.24, 2.45) is 0 Å². The molecule has 0 N–H and O–H groups in total. The lowest BCUT2D eigenvalue weighted by Crippen LogP contribution is -2.26. The number of carbonyl (C=O) groups is 1. The number of benzene rings is 2. The molecule has 0 bridgehead atoms. The van der Waals surface area contributed by atoms with Crippen molar-refractivity contribution in [1.82, 2.24) is 4.98 Å². The summed E-state index contributed by atoms with van der Waals surface area (Å²) in [5, 5.41) is 0.723. The van der Waals surface area contributed by atoms with Crippen LogP contribution in [0.4, 0.5) is 5.13 Å². The first-order valence-electron chi connectivity index (χ1n) is 8.47. The molecule has 0 aliphatic heterocycles. The molecule has 0 saturated heterocycles. The molecule has 130 valence electrons. The van der Waals surface area contributed by atoms with Crippen molar-refractivity contribution in [3.8, 4) is 11.3 Å². The van der Waals surface area contributed by atoms with Gasteiger partial charge in [-0.2, -0.15) is 0 Å². The number of hydrogen-bond donors (Lipinski definition) is 0. The smallest absolute Gasteiger partial charge is 0.228 e. The Balaban J connectivity index is 1.41. The first kappa shape index (κ1) is 16.5. The van der Waals surface area contributed by atoms with Gasteiger partial charge < -0.3 is 4.42 Å². The maximum atomic E-state index is 12.5. The second-order valence-electron chi connectivity index (χ2n) is 6.05. The van der Waals surface area contributed by atoms with E-state index in [4.69, 9.17) is 4.42 Å². The lowest BCUT2D eigenvalue weighted by molar-refractivity contribution is -0.118. The molecule has 1 amide bonds. The van der Waals surface area contributed by atoms with Gasteiger partial charge in [0.1, 0.15) is 11.5 Å². The van der Waals surface area contributed by atoms with Crippen LogP contribution in [0.1, 0.15) is 12.2 Å². The molecule has 0 spiro atoms. The van der Waals surface area contributed by atoms with E-state index >= 15 is 0 Å². The van der Waals surface area contributed by atoms with Crippen molar-refractivity contribution in [1.29, 1.82) is 0 Å². The van der Waals surface area contributed by atoms with E-state index in [9.17, 15) is 4.79 Å². The molecule has 0 unspecified atom stereocenters. The normalized spacial score (nSPS) is 11.0. The largest absolute Gasteiger partial charge is 0.461 e. The molecule has 0 aliphatic rings. The van der Waals surface area contributed by atoms with E-state index < -0.39 is 0 Å². The third kappa shape index (κ3) is 3.39. The minimum absolute atomic E-state index is 0.0294. The number of thiazole rings is 1. The Labute approximate surface area is 155 Å². The molecule has 0 fully saturated rings. The number of hydrogen-bond acceptors (Lipinski definition) is 4. The van der Waals surface area contributed by atoms with Crippen LogP contribution in [0.3, 0.4) is 0 Å². The fraction of sp³-hybridized carbons (Fsp3) is 0.143. The van der Waals surface area contributed by atoms with Gasteiger partial charge in [0, 0.05) is 25.5 Å². The first-order chi connectivity index (χ1) is 12.7. The summed E-state index contributed by atoms with van der Waals surface area (Å²) in [7, 11) is 1.78. The lowest BCUT2D eigenvalue weighted by Gasteiger charge is -2.12. The van der Waals surface area contributed by atoms with Crippen molar-refractivity contribution < 1.29 is 9.21 Å². The van der Waals surface area contributed by atoms with Gasteiger partial charge in [0.25, 0.3) is 0 Å². The second-order valence-corrected chi connectivity index (χ2v) is 7.06. The zero-order chi connectivity index (χ0) is 17.9. The maximum Gasteiger partial charge on any atom is 0.228 e. The lowest BCUT2D eigenvalue weighted by atomic mass is 10.2. The zero-order valence-corrected chi connectivity index (χ0v) is 15.2. The number of aromatic nitrogens is 1. The molecule has 2 aromatic heterocycles. The number of amides is 1. The van der Waals surface area contributed by atoms with E-state index in [1.165, 1.54) is 11.3 Å². The second kappa shape index (κ2) is 7.14. The van der Waals surface area contributed by atoms with Gasteiger partial charge in [-0.1, -0.05) is 53.8 Å². The van der Waals surface area contributed by atoms with Crippen LogP contribution in [0, 0.1) is 0 Å². The number of furan rings is 1. The Kier molecular flexibility index (Phi) is 4.54. The van der Waals surface area contributed by atoms with Gasteiger partial charge in [-0.15, -0.1) is 0 Å². The summed E-state index contributed by atoms with van der Waals surface area (Å²) in [4.78, 5) is 18.7. The molecule has 4 aromatic rings. The average Bonchev–Trinajstić information content (AvgIpc) is 3.33. The van der Waals surface area contributed by atoms with Crippen LogP contribution < -0.4 is 4.90 Å². The van der Waals surface area contributed by atoms with Crippen LogP contribution in [0.15, 0.2) is 71.1 Å². The minimum atomic E-state index is 0.0294. The number of nitrogens with zero attached hydrogens (tertiary/aromatic N) is 2. The van der Waals surface area contributed by atoms with Crippen molar-refractivity contribution in [3.63, 3.8) is 0 Å². The van der Waals surface area contributed by atoms with E-state index in [0.717, 1.165) is 32.4 Å². The monoisotopic (exact) mass is 362 g/mol.